The zero-order valence-corrected chi connectivity index (χ0v) is 21.7. The summed E-state index contributed by atoms with van der Waals surface area (Å²) in [5, 5.41) is 3.60. The smallest absolute Gasteiger partial charge is 0.164 e. The molecule has 3 rings (SSSR count). The summed E-state index contributed by atoms with van der Waals surface area (Å²) < 4.78 is 11.2. The van der Waals surface area contributed by atoms with E-state index in [1.807, 2.05) is 18.5 Å². The summed E-state index contributed by atoms with van der Waals surface area (Å²) in [5.41, 5.74) is 4.12. The quantitative estimate of drug-likeness (QED) is 0.333. The molecule has 1 aromatic heterocycles. The van der Waals surface area contributed by atoms with Gasteiger partial charge in [-0.3, -0.25) is 4.98 Å². The molecule has 1 heterocycles. The lowest BCUT2D eigenvalue weighted by molar-refractivity contribution is 0.175. The molecule has 188 valence electrons. The number of nitrogens with one attached hydrogen (secondary N) is 1. The minimum Gasteiger partial charge on any atom is -0.493 e. The number of unbranched alkanes of at least 4 members (excludes halogenated alkanes) is 3. The Hall–Kier alpha value is -2.11. The molecule has 1 aliphatic carbocycles. The van der Waals surface area contributed by atoms with E-state index in [-0.39, 0.29) is 0 Å². The zero-order valence-electron chi connectivity index (χ0n) is 21.7. The van der Waals surface area contributed by atoms with Crippen molar-refractivity contribution < 1.29 is 9.47 Å². The number of rotatable bonds is 16. The molecule has 5 heteroatoms. The zero-order chi connectivity index (χ0) is 24.0. The standard InChI is InChI=1S/C29H45N3O2/c1-4-20-32(26-14-15-27-25(22-26)13-16-28(33-2)29(27)34-3)21-8-6-5-7-17-30-18-9-11-24-12-10-19-31-23-24/h10,12-13,16,19,23,26,30H,4-9,11,14-15,17-18,20-22H2,1-3H3/t26-/m0/s1. The molecule has 1 aliphatic rings. The van der Waals surface area contributed by atoms with Crippen LogP contribution in [-0.4, -0.2) is 56.3 Å². The van der Waals surface area contributed by atoms with Gasteiger partial charge in [0.25, 0.3) is 0 Å². The van der Waals surface area contributed by atoms with Gasteiger partial charge in [0, 0.05) is 24.0 Å². The number of ether oxygens (including phenoxy) is 2. The first-order chi connectivity index (χ1) is 16.8. The molecule has 2 aromatic rings. The first-order valence-electron chi connectivity index (χ1n) is 13.3. The molecule has 34 heavy (non-hydrogen) atoms. The van der Waals surface area contributed by atoms with Crippen LogP contribution >= 0.6 is 0 Å². The van der Waals surface area contributed by atoms with Gasteiger partial charge in [-0.1, -0.05) is 31.9 Å². The van der Waals surface area contributed by atoms with Gasteiger partial charge < -0.3 is 19.7 Å². The lowest BCUT2D eigenvalue weighted by Crippen LogP contribution is -2.40. The van der Waals surface area contributed by atoms with Crippen molar-refractivity contribution in [1.82, 2.24) is 15.2 Å². The maximum absolute atomic E-state index is 5.69. The number of pyridine rings is 1. The largest absolute Gasteiger partial charge is 0.493 e. The topological polar surface area (TPSA) is 46.6 Å². The van der Waals surface area contributed by atoms with Gasteiger partial charge in [-0.2, -0.15) is 0 Å². The number of nitrogens with zero attached hydrogens (tertiary/aromatic N) is 2. The van der Waals surface area contributed by atoms with Crippen molar-refractivity contribution in [3.05, 3.63) is 53.3 Å². The van der Waals surface area contributed by atoms with Gasteiger partial charge in [0.1, 0.15) is 0 Å². The molecular weight excluding hydrogens is 422 g/mol. The fourth-order valence-corrected chi connectivity index (χ4v) is 5.25. The van der Waals surface area contributed by atoms with E-state index in [4.69, 9.17) is 9.47 Å². The summed E-state index contributed by atoms with van der Waals surface area (Å²) in [7, 11) is 3.48. The highest BCUT2D eigenvalue weighted by molar-refractivity contribution is 5.52. The SMILES string of the molecule is CCCN(CCCCCCNCCCc1cccnc1)[C@H]1CCc2c(ccc(OC)c2OC)C1. The Balaban J connectivity index is 1.32. The Morgan fingerprint density at radius 2 is 1.85 bits per heavy atom. The highest BCUT2D eigenvalue weighted by Crippen LogP contribution is 2.38. The predicted octanol–water partition coefficient (Wildman–Crippen LogP) is 5.45. The molecule has 0 bridgehead atoms. The number of benzene rings is 1. The van der Waals surface area contributed by atoms with E-state index in [1.165, 1.54) is 74.7 Å². The molecule has 0 unspecified atom stereocenters. The second-order valence-corrected chi connectivity index (χ2v) is 9.50. The number of aryl methyl sites for hydroxylation is 1. The minimum atomic E-state index is 0.645. The van der Waals surface area contributed by atoms with Crippen LogP contribution in [0.4, 0.5) is 0 Å². The lowest BCUT2D eigenvalue weighted by atomic mass is 9.86. The monoisotopic (exact) mass is 467 g/mol. The Kier molecular flexibility index (Phi) is 11.7. The molecule has 0 amide bonds. The van der Waals surface area contributed by atoms with Gasteiger partial charge in [0.2, 0.25) is 0 Å². The van der Waals surface area contributed by atoms with Crippen molar-refractivity contribution in [2.24, 2.45) is 0 Å². The number of fused-ring (bicyclic) bond motifs is 1. The summed E-state index contributed by atoms with van der Waals surface area (Å²) in [6.07, 6.45) is 16.0. The Morgan fingerprint density at radius 3 is 2.62 bits per heavy atom. The number of aromatic nitrogens is 1. The van der Waals surface area contributed by atoms with Gasteiger partial charge in [-0.25, -0.2) is 0 Å². The molecule has 1 N–H and O–H groups in total. The van der Waals surface area contributed by atoms with Crippen molar-refractivity contribution in [3.63, 3.8) is 0 Å². The third-order valence-electron chi connectivity index (χ3n) is 7.05. The molecule has 0 saturated carbocycles. The normalized spacial score (nSPS) is 15.4. The van der Waals surface area contributed by atoms with Crippen molar-refractivity contribution in [3.8, 4) is 11.5 Å². The van der Waals surface area contributed by atoms with E-state index in [9.17, 15) is 0 Å². The first kappa shape index (κ1) is 26.5. The molecular formula is C29H45N3O2. The second-order valence-electron chi connectivity index (χ2n) is 9.50. The van der Waals surface area contributed by atoms with Crippen LogP contribution in [0.1, 0.15) is 68.6 Å². The molecule has 0 aliphatic heterocycles. The molecule has 1 atom stereocenters. The fourth-order valence-electron chi connectivity index (χ4n) is 5.25. The van der Waals surface area contributed by atoms with E-state index in [0.717, 1.165) is 43.9 Å². The van der Waals surface area contributed by atoms with Crippen LogP contribution in [0.3, 0.4) is 0 Å². The third kappa shape index (κ3) is 7.99. The Labute approximate surface area is 207 Å². The summed E-state index contributed by atoms with van der Waals surface area (Å²) >= 11 is 0. The van der Waals surface area contributed by atoms with E-state index in [1.54, 1.807) is 14.2 Å². The molecule has 1 aromatic carbocycles. The summed E-state index contributed by atoms with van der Waals surface area (Å²) in [5.74, 6) is 1.79. The Bertz CT molecular complexity index is 828. The minimum absolute atomic E-state index is 0.645. The van der Waals surface area contributed by atoms with Crippen molar-refractivity contribution in [1.29, 1.82) is 0 Å². The molecule has 0 saturated heterocycles. The van der Waals surface area contributed by atoms with Crippen LogP contribution in [0.25, 0.3) is 0 Å². The van der Waals surface area contributed by atoms with Gasteiger partial charge >= 0.3 is 0 Å². The molecule has 0 fully saturated rings. The predicted molar refractivity (Wildman–Crippen MR) is 141 cm³/mol. The number of hydrogen-bond donors (Lipinski definition) is 1. The van der Waals surface area contributed by atoms with Gasteiger partial charge in [0.15, 0.2) is 11.5 Å². The summed E-state index contributed by atoms with van der Waals surface area (Å²) in [6.45, 7) is 6.96. The summed E-state index contributed by atoms with van der Waals surface area (Å²) in [6, 6.07) is 9.14. The van der Waals surface area contributed by atoms with E-state index >= 15 is 0 Å². The van der Waals surface area contributed by atoms with Crippen molar-refractivity contribution in [2.75, 3.05) is 40.4 Å². The number of hydrogen-bond acceptors (Lipinski definition) is 5. The van der Waals surface area contributed by atoms with E-state index in [2.05, 4.69) is 40.3 Å². The third-order valence-corrected chi connectivity index (χ3v) is 7.05. The molecule has 0 radical (unpaired) electrons. The van der Waals surface area contributed by atoms with E-state index in [0.29, 0.717) is 6.04 Å². The van der Waals surface area contributed by atoms with Crippen molar-refractivity contribution >= 4 is 0 Å². The highest BCUT2D eigenvalue weighted by atomic mass is 16.5. The maximum Gasteiger partial charge on any atom is 0.164 e. The number of methoxy groups -OCH3 is 2. The maximum atomic E-state index is 5.69. The van der Waals surface area contributed by atoms with Gasteiger partial charge in [0.05, 0.1) is 14.2 Å². The lowest BCUT2D eigenvalue weighted by Gasteiger charge is -2.36. The van der Waals surface area contributed by atoms with E-state index < -0.39 is 0 Å². The fraction of sp³-hybridized carbons (Fsp3) is 0.621. The second kappa shape index (κ2) is 15.0. The van der Waals surface area contributed by atoms with Crippen LogP contribution in [0.5, 0.6) is 11.5 Å². The van der Waals surface area contributed by atoms with Crippen LogP contribution in [0, 0.1) is 0 Å². The van der Waals surface area contributed by atoms with Crippen LogP contribution in [0.2, 0.25) is 0 Å². The van der Waals surface area contributed by atoms with Crippen molar-refractivity contribution in [2.45, 2.75) is 77.2 Å². The first-order valence-corrected chi connectivity index (χ1v) is 13.3. The molecule has 0 spiro atoms. The summed E-state index contributed by atoms with van der Waals surface area (Å²) in [4.78, 5) is 6.93. The van der Waals surface area contributed by atoms with Gasteiger partial charge in [-0.05, 0) is 101 Å². The van der Waals surface area contributed by atoms with Crippen LogP contribution in [-0.2, 0) is 19.3 Å². The highest BCUT2D eigenvalue weighted by Gasteiger charge is 2.27. The average molecular weight is 468 g/mol. The Morgan fingerprint density at radius 1 is 1.00 bits per heavy atom. The van der Waals surface area contributed by atoms with Crippen LogP contribution in [0.15, 0.2) is 36.7 Å². The van der Waals surface area contributed by atoms with Crippen LogP contribution < -0.4 is 14.8 Å². The molecule has 5 nitrogen and oxygen atoms in total. The van der Waals surface area contributed by atoms with Gasteiger partial charge in [-0.15, -0.1) is 0 Å². The average Bonchev–Trinajstić information content (AvgIpc) is 2.88.